The highest BCUT2D eigenvalue weighted by Crippen LogP contribution is 2.18. The van der Waals surface area contributed by atoms with Crippen molar-refractivity contribution in [3.05, 3.63) is 11.9 Å². The first kappa shape index (κ1) is 8.56. The summed E-state index contributed by atoms with van der Waals surface area (Å²) in [5, 5.41) is 3.29. The van der Waals surface area contributed by atoms with Crippen LogP contribution in [0.1, 0.15) is 12.6 Å². The Bertz CT molecular complexity index is 278. The van der Waals surface area contributed by atoms with Crippen LogP contribution in [0.15, 0.2) is 6.20 Å². The third-order valence-corrected chi connectivity index (χ3v) is 2.62. The van der Waals surface area contributed by atoms with Crippen molar-refractivity contribution in [2.75, 3.05) is 18.4 Å². The van der Waals surface area contributed by atoms with Crippen molar-refractivity contribution in [3.63, 3.8) is 0 Å². The average Bonchev–Trinajstić information content (AvgIpc) is 2.59. The predicted octanol–water partition coefficient (Wildman–Crippen LogP) is 0.446. The molecule has 13 heavy (non-hydrogen) atoms. The van der Waals surface area contributed by atoms with Crippen molar-refractivity contribution < 1.29 is 0 Å². The summed E-state index contributed by atoms with van der Waals surface area (Å²) in [6, 6.07) is 0. The monoisotopic (exact) mass is 180 g/mol. The fourth-order valence-electron chi connectivity index (χ4n) is 1.75. The van der Waals surface area contributed by atoms with E-state index in [1.165, 1.54) is 5.69 Å². The summed E-state index contributed by atoms with van der Waals surface area (Å²) in [5.74, 6) is 1.55. The number of aromatic nitrogens is 2. The maximum atomic E-state index is 5.65. The summed E-state index contributed by atoms with van der Waals surface area (Å²) in [7, 11) is 0. The topological polar surface area (TPSA) is 55.9 Å². The summed E-state index contributed by atoms with van der Waals surface area (Å²) >= 11 is 0. The van der Waals surface area contributed by atoms with Crippen LogP contribution in [0, 0.1) is 5.92 Å². The van der Waals surface area contributed by atoms with Crippen LogP contribution in [0.25, 0.3) is 0 Å². The largest absolute Gasteiger partial charge is 0.355 e. The lowest BCUT2D eigenvalue weighted by Gasteiger charge is -2.25. The van der Waals surface area contributed by atoms with E-state index in [1.54, 1.807) is 0 Å². The van der Waals surface area contributed by atoms with Gasteiger partial charge in [0.15, 0.2) is 0 Å². The number of hydrogen-bond acceptors (Lipinski definition) is 3. The van der Waals surface area contributed by atoms with Gasteiger partial charge in [-0.3, -0.25) is 0 Å². The Morgan fingerprint density at radius 3 is 3.31 bits per heavy atom. The molecule has 72 valence electrons. The highest BCUT2D eigenvalue weighted by molar-refractivity contribution is 5.31. The van der Waals surface area contributed by atoms with Gasteiger partial charge in [0.1, 0.15) is 0 Å². The van der Waals surface area contributed by atoms with Crippen LogP contribution < -0.4 is 11.1 Å². The third kappa shape index (κ3) is 1.42. The lowest BCUT2D eigenvalue weighted by molar-refractivity contribution is 0.442. The highest BCUT2D eigenvalue weighted by Gasteiger charge is 2.18. The van der Waals surface area contributed by atoms with Crippen molar-refractivity contribution >= 4 is 5.95 Å². The van der Waals surface area contributed by atoms with Crippen molar-refractivity contribution in [3.8, 4) is 0 Å². The highest BCUT2D eigenvalue weighted by atomic mass is 15.2. The number of hydrogen-bond donors (Lipinski definition) is 2. The van der Waals surface area contributed by atoms with E-state index in [0.717, 1.165) is 32.0 Å². The molecule has 0 saturated carbocycles. The Morgan fingerprint density at radius 2 is 2.62 bits per heavy atom. The molecule has 3 N–H and O–H groups in total. The molecule has 2 heterocycles. The first-order valence-electron chi connectivity index (χ1n) is 4.83. The van der Waals surface area contributed by atoms with Crippen LogP contribution in [-0.2, 0) is 13.0 Å². The zero-order valence-corrected chi connectivity index (χ0v) is 7.95. The molecule has 0 aromatic carbocycles. The SMILES string of the molecule is CCc1cnc2n1CC(CN)CN2. The van der Waals surface area contributed by atoms with Crippen LogP contribution in [0.4, 0.5) is 5.95 Å². The van der Waals surface area contributed by atoms with E-state index in [0.29, 0.717) is 5.92 Å². The molecule has 1 aliphatic rings. The minimum atomic E-state index is 0.548. The fraction of sp³-hybridized carbons (Fsp3) is 0.667. The van der Waals surface area contributed by atoms with Crippen molar-refractivity contribution in [2.45, 2.75) is 19.9 Å². The number of nitrogens with one attached hydrogen (secondary N) is 1. The van der Waals surface area contributed by atoms with Gasteiger partial charge in [-0.25, -0.2) is 4.98 Å². The molecule has 0 aliphatic carbocycles. The molecule has 0 radical (unpaired) electrons. The molecule has 0 bridgehead atoms. The molecule has 4 nitrogen and oxygen atoms in total. The van der Waals surface area contributed by atoms with Crippen molar-refractivity contribution in [1.29, 1.82) is 0 Å². The molecule has 0 amide bonds. The molecule has 1 aliphatic heterocycles. The summed E-state index contributed by atoms with van der Waals surface area (Å²) < 4.78 is 2.24. The van der Waals surface area contributed by atoms with Crippen molar-refractivity contribution in [1.82, 2.24) is 9.55 Å². The van der Waals surface area contributed by atoms with E-state index in [2.05, 4.69) is 21.8 Å². The van der Waals surface area contributed by atoms with E-state index in [9.17, 15) is 0 Å². The number of imidazole rings is 1. The summed E-state index contributed by atoms with van der Waals surface area (Å²) in [4.78, 5) is 4.31. The van der Waals surface area contributed by atoms with Gasteiger partial charge in [-0.05, 0) is 13.0 Å². The first-order chi connectivity index (χ1) is 6.35. The smallest absolute Gasteiger partial charge is 0.203 e. The maximum absolute atomic E-state index is 5.65. The van der Waals surface area contributed by atoms with Crippen molar-refractivity contribution in [2.24, 2.45) is 11.7 Å². The van der Waals surface area contributed by atoms with E-state index < -0.39 is 0 Å². The number of anilines is 1. The van der Waals surface area contributed by atoms with Gasteiger partial charge < -0.3 is 15.6 Å². The van der Waals surface area contributed by atoms with Crippen LogP contribution in [0.5, 0.6) is 0 Å². The van der Waals surface area contributed by atoms with Crippen LogP contribution in [0.3, 0.4) is 0 Å². The minimum Gasteiger partial charge on any atom is -0.355 e. The van der Waals surface area contributed by atoms with Gasteiger partial charge in [0.2, 0.25) is 5.95 Å². The lowest BCUT2D eigenvalue weighted by atomic mass is 10.1. The molecule has 4 heteroatoms. The quantitative estimate of drug-likeness (QED) is 0.694. The second kappa shape index (κ2) is 3.38. The predicted molar refractivity (Wildman–Crippen MR) is 52.6 cm³/mol. The van der Waals surface area contributed by atoms with E-state index >= 15 is 0 Å². The lowest BCUT2D eigenvalue weighted by Crippen LogP contribution is -2.33. The Balaban J connectivity index is 2.25. The molecule has 2 rings (SSSR count). The van der Waals surface area contributed by atoms with Gasteiger partial charge in [-0.15, -0.1) is 0 Å². The van der Waals surface area contributed by atoms with E-state index in [-0.39, 0.29) is 0 Å². The number of aryl methyl sites for hydroxylation is 1. The number of nitrogens with two attached hydrogens (primary N) is 1. The standard InChI is InChI=1S/C9H16N4/c1-2-8-5-12-9-11-4-7(3-10)6-13(8)9/h5,7H,2-4,6,10H2,1H3,(H,11,12). The Morgan fingerprint density at radius 1 is 1.77 bits per heavy atom. The van der Waals surface area contributed by atoms with Crippen LogP contribution in [-0.4, -0.2) is 22.6 Å². The maximum Gasteiger partial charge on any atom is 0.203 e. The molecule has 1 unspecified atom stereocenters. The molecule has 1 aromatic rings. The molecule has 1 aromatic heterocycles. The minimum absolute atomic E-state index is 0.548. The summed E-state index contributed by atoms with van der Waals surface area (Å²) in [6.07, 6.45) is 2.98. The number of fused-ring (bicyclic) bond motifs is 1. The molecule has 0 spiro atoms. The second-order valence-electron chi connectivity index (χ2n) is 3.52. The normalized spacial score (nSPS) is 20.9. The summed E-state index contributed by atoms with van der Waals surface area (Å²) in [6.45, 7) is 4.86. The molecule has 0 fully saturated rings. The van der Waals surface area contributed by atoms with Gasteiger partial charge >= 0.3 is 0 Å². The van der Waals surface area contributed by atoms with Gasteiger partial charge in [0, 0.05) is 24.7 Å². The molecular weight excluding hydrogens is 164 g/mol. The average molecular weight is 180 g/mol. The number of rotatable bonds is 2. The summed E-state index contributed by atoms with van der Waals surface area (Å²) in [5.41, 5.74) is 6.94. The molecule has 0 saturated heterocycles. The first-order valence-corrected chi connectivity index (χ1v) is 4.83. The van der Waals surface area contributed by atoms with Gasteiger partial charge in [0.25, 0.3) is 0 Å². The van der Waals surface area contributed by atoms with Gasteiger partial charge in [-0.2, -0.15) is 0 Å². The fourth-order valence-corrected chi connectivity index (χ4v) is 1.75. The van der Waals surface area contributed by atoms with Crippen LogP contribution >= 0.6 is 0 Å². The second-order valence-corrected chi connectivity index (χ2v) is 3.52. The molecule has 1 atom stereocenters. The Hall–Kier alpha value is -1.03. The van der Waals surface area contributed by atoms with E-state index in [1.807, 2.05) is 6.20 Å². The Labute approximate surface area is 78.1 Å². The number of nitrogens with zero attached hydrogens (tertiary/aromatic N) is 2. The third-order valence-electron chi connectivity index (χ3n) is 2.62. The van der Waals surface area contributed by atoms with Crippen LogP contribution in [0.2, 0.25) is 0 Å². The molecular formula is C9H16N4. The van der Waals surface area contributed by atoms with Gasteiger partial charge in [-0.1, -0.05) is 6.92 Å². The van der Waals surface area contributed by atoms with Gasteiger partial charge in [0.05, 0.1) is 6.20 Å². The van der Waals surface area contributed by atoms with E-state index in [4.69, 9.17) is 5.73 Å². The Kier molecular flexibility index (Phi) is 2.22. The zero-order chi connectivity index (χ0) is 9.26. The zero-order valence-electron chi connectivity index (χ0n) is 7.95.